The van der Waals surface area contributed by atoms with Crippen LogP contribution >= 0.6 is 0 Å². The highest BCUT2D eigenvalue weighted by molar-refractivity contribution is 6.00. The van der Waals surface area contributed by atoms with E-state index in [-0.39, 0.29) is 17.7 Å². The number of aromatic nitrogens is 4. The molecule has 152 valence electrons. The number of hydrogen-bond donors (Lipinski definition) is 1. The van der Waals surface area contributed by atoms with Crippen LogP contribution in [0.25, 0.3) is 0 Å². The molecule has 0 saturated carbocycles. The van der Waals surface area contributed by atoms with Crippen molar-refractivity contribution in [2.75, 3.05) is 19.5 Å². The third-order valence-corrected chi connectivity index (χ3v) is 5.76. The fourth-order valence-corrected chi connectivity index (χ4v) is 4.35. The third kappa shape index (κ3) is 2.92. The molecule has 1 aliphatic heterocycles. The van der Waals surface area contributed by atoms with Crippen LogP contribution in [-0.4, -0.2) is 39.8 Å². The van der Waals surface area contributed by atoms with Gasteiger partial charge >= 0.3 is 0 Å². The summed E-state index contributed by atoms with van der Waals surface area (Å²) in [5, 5.41) is 7.70. The number of hydrogen-bond acceptors (Lipinski definition) is 7. The predicted octanol–water partition coefficient (Wildman–Crippen LogP) is 3.11. The summed E-state index contributed by atoms with van der Waals surface area (Å²) in [5.41, 5.74) is 3.65. The molecule has 2 aromatic heterocycles. The molecule has 1 N–H and O–H groups in total. The molecule has 0 bridgehead atoms. The van der Waals surface area contributed by atoms with Gasteiger partial charge in [-0.1, -0.05) is 6.07 Å². The lowest BCUT2D eigenvalue weighted by molar-refractivity contribution is -0.116. The molecule has 0 amide bonds. The van der Waals surface area contributed by atoms with Crippen LogP contribution in [0.3, 0.4) is 0 Å². The van der Waals surface area contributed by atoms with Gasteiger partial charge in [-0.15, -0.1) is 0 Å². The Bertz CT molecular complexity index is 1140. The van der Waals surface area contributed by atoms with Crippen molar-refractivity contribution >= 4 is 11.7 Å². The smallest absolute Gasteiger partial charge is 0.226 e. The van der Waals surface area contributed by atoms with Crippen LogP contribution in [0, 0.1) is 0 Å². The van der Waals surface area contributed by atoms with Crippen LogP contribution < -0.4 is 14.8 Å². The predicted molar refractivity (Wildman–Crippen MR) is 110 cm³/mol. The van der Waals surface area contributed by atoms with Crippen molar-refractivity contribution in [1.29, 1.82) is 0 Å². The van der Waals surface area contributed by atoms with Gasteiger partial charge < -0.3 is 14.8 Å². The maximum atomic E-state index is 13.4. The number of allylic oxidation sites excluding steroid dienone is 2. The standard InChI is InChI=1S/C22H21N5O3/c1-29-18-4-3-14(11-19(18)30-2)15-9-16-20(17(28)10-15)21(13-5-7-23-8-6-13)27-22(26-16)24-12-25-27/h3-8,11-12,15,21H,9-10H2,1-2H3,(H,24,25,26)/t15-,21+/m1/s1. The van der Waals surface area contributed by atoms with E-state index in [0.717, 1.165) is 22.4 Å². The van der Waals surface area contributed by atoms with Gasteiger partial charge in [0.1, 0.15) is 12.4 Å². The largest absolute Gasteiger partial charge is 0.493 e. The number of rotatable bonds is 4. The monoisotopic (exact) mass is 403 g/mol. The molecule has 0 saturated heterocycles. The van der Waals surface area contributed by atoms with E-state index >= 15 is 0 Å². The molecular formula is C22H21N5O3. The van der Waals surface area contributed by atoms with Gasteiger partial charge in [0, 0.05) is 30.1 Å². The first-order valence-electron chi connectivity index (χ1n) is 9.74. The summed E-state index contributed by atoms with van der Waals surface area (Å²) in [6, 6.07) is 9.36. The van der Waals surface area contributed by atoms with E-state index in [0.29, 0.717) is 30.3 Å². The first-order chi connectivity index (χ1) is 14.7. The van der Waals surface area contributed by atoms with E-state index in [1.54, 1.807) is 31.3 Å². The molecule has 8 nitrogen and oxygen atoms in total. The molecular weight excluding hydrogens is 382 g/mol. The number of fused-ring (bicyclic) bond motifs is 1. The summed E-state index contributed by atoms with van der Waals surface area (Å²) in [6.45, 7) is 0. The lowest BCUT2D eigenvalue weighted by atomic mass is 9.78. The van der Waals surface area contributed by atoms with Gasteiger partial charge in [-0.05, 0) is 47.7 Å². The van der Waals surface area contributed by atoms with Crippen LogP contribution in [0.2, 0.25) is 0 Å². The van der Waals surface area contributed by atoms with Gasteiger partial charge in [0.2, 0.25) is 5.95 Å². The second kappa shape index (κ2) is 7.29. The summed E-state index contributed by atoms with van der Waals surface area (Å²) in [6.07, 6.45) is 6.08. The summed E-state index contributed by atoms with van der Waals surface area (Å²) in [4.78, 5) is 21.8. The minimum absolute atomic E-state index is 0.0381. The Morgan fingerprint density at radius 3 is 2.60 bits per heavy atom. The van der Waals surface area contributed by atoms with E-state index in [9.17, 15) is 4.79 Å². The number of carbonyl (C=O) groups excluding carboxylic acids is 1. The quantitative estimate of drug-likeness (QED) is 0.716. The summed E-state index contributed by atoms with van der Waals surface area (Å²) < 4.78 is 12.6. The molecule has 8 heteroatoms. The number of nitrogens with zero attached hydrogens (tertiary/aromatic N) is 4. The zero-order valence-corrected chi connectivity index (χ0v) is 16.7. The van der Waals surface area contributed by atoms with E-state index in [1.807, 2.05) is 30.3 Å². The van der Waals surface area contributed by atoms with Gasteiger partial charge in [-0.3, -0.25) is 9.78 Å². The SMILES string of the molecule is COc1ccc([C@H]2CC(=O)C3=C(C2)Nc2ncnn2[C@H]3c2ccncc2)cc1OC. The number of benzene rings is 1. The molecule has 0 fully saturated rings. The Balaban J connectivity index is 1.55. The highest BCUT2D eigenvalue weighted by Crippen LogP contribution is 2.44. The second-order valence-electron chi connectivity index (χ2n) is 7.37. The summed E-state index contributed by atoms with van der Waals surface area (Å²) in [5.74, 6) is 2.11. The van der Waals surface area contributed by atoms with Crippen molar-refractivity contribution in [1.82, 2.24) is 19.7 Å². The Hall–Kier alpha value is -3.68. The number of ketones is 1. The average Bonchev–Trinajstić information content (AvgIpc) is 3.25. The highest BCUT2D eigenvalue weighted by atomic mass is 16.5. The Morgan fingerprint density at radius 1 is 1.03 bits per heavy atom. The van der Waals surface area contributed by atoms with Crippen LogP contribution in [0.1, 0.15) is 35.9 Å². The normalized spacial score (nSPS) is 20.3. The zero-order valence-electron chi connectivity index (χ0n) is 16.7. The van der Waals surface area contributed by atoms with Crippen LogP contribution in [-0.2, 0) is 4.79 Å². The van der Waals surface area contributed by atoms with Crippen molar-refractivity contribution in [3.63, 3.8) is 0 Å². The molecule has 3 aromatic rings. The Labute approximate surface area is 173 Å². The van der Waals surface area contributed by atoms with Gasteiger partial charge in [-0.25, -0.2) is 4.68 Å². The van der Waals surface area contributed by atoms with Crippen molar-refractivity contribution in [3.8, 4) is 11.5 Å². The minimum atomic E-state index is -0.305. The van der Waals surface area contributed by atoms with Crippen LogP contribution in [0.5, 0.6) is 11.5 Å². The molecule has 0 spiro atoms. The van der Waals surface area contributed by atoms with Crippen molar-refractivity contribution in [3.05, 3.63) is 71.4 Å². The number of Topliss-reactive ketones (excluding diaryl/α,β-unsaturated/α-hetero) is 1. The van der Waals surface area contributed by atoms with Crippen molar-refractivity contribution in [2.24, 2.45) is 0 Å². The molecule has 0 unspecified atom stereocenters. The van der Waals surface area contributed by atoms with E-state index in [2.05, 4.69) is 20.4 Å². The lowest BCUT2D eigenvalue weighted by Gasteiger charge is -2.35. The van der Waals surface area contributed by atoms with Gasteiger partial charge in [0.25, 0.3) is 0 Å². The topological polar surface area (TPSA) is 91.2 Å². The number of methoxy groups -OCH3 is 2. The number of pyridine rings is 1. The lowest BCUT2D eigenvalue weighted by Crippen LogP contribution is -2.33. The van der Waals surface area contributed by atoms with E-state index in [4.69, 9.17) is 9.47 Å². The third-order valence-electron chi connectivity index (χ3n) is 5.76. The zero-order chi connectivity index (χ0) is 20.7. The van der Waals surface area contributed by atoms with Crippen LogP contribution in [0.15, 0.2) is 60.3 Å². The molecule has 2 atom stereocenters. The molecule has 1 aliphatic carbocycles. The molecule has 1 aromatic carbocycles. The number of ether oxygens (including phenoxy) is 2. The Morgan fingerprint density at radius 2 is 1.83 bits per heavy atom. The molecule has 3 heterocycles. The first kappa shape index (κ1) is 18.4. The van der Waals surface area contributed by atoms with Crippen LogP contribution in [0.4, 0.5) is 5.95 Å². The molecule has 5 rings (SSSR count). The second-order valence-corrected chi connectivity index (χ2v) is 7.37. The average molecular weight is 403 g/mol. The fourth-order valence-electron chi connectivity index (χ4n) is 4.35. The van der Waals surface area contributed by atoms with Gasteiger partial charge in [-0.2, -0.15) is 10.1 Å². The first-order valence-corrected chi connectivity index (χ1v) is 9.74. The van der Waals surface area contributed by atoms with E-state index in [1.165, 1.54) is 6.33 Å². The highest BCUT2D eigenvalue weighted by Gasteiger charge is 2.39. The van der Waals surface area contributed by atoms with Gasteiger partial charge in [0.15, 0.2) is 17.3 Å². The van der Waals surface area contributed by atoms with Crippen molar-refractivity contribution < 1.29 is 14.3 Å². The number of nitrogens with one attached hydrogen (secondary N) is 1. The molecule has 2 aliphatic rings. The molecule has 30 heavy (non-hydrogen) atoms. The minimum Gasteiger partial charge on any atom is -0.493 e. The molecule has 0 radical (unpaired) electrons. The maximum absolute atomic E-state index is 13.4. The maximum Gasteiger partial charge on any atom is 0.226 e. The van der Waals surface area contributed by atoms with Crippen molar-refractivity contribution in [2.45, 2.75) is 24.8 Å². The summed E-state index contributed by atoms with van der Waals surface area (Å²) in [7, 11) is 3.23. The van der Waals surface area contributed by atoms with E-state index < -0.39 is 0 Å². The Kier molecular flexibility index (Phi) is 4.46. The fraction of sp³-hybridized carbons (Fsp3) is 0.273. The van der Waals surface area contributed by atoms with Gasteiger partial charge in [0.05, 0.1) is 14.2 Å². The summed E-state index contributed by atoms with van der Waals surface area (Å²) >= 11 is 0. The number of anilines is 1. The number of carbonyl (C=O) groups is 1.